The van der Waals surface area contributed by atoms with E-state index in [-0.39, 0.29) is 5.91 Å². The number of para-hydroxylation sites is 2. The molecule has 0 fully saturated rings. The molecule has 2 N–H and O–H groups in total. The molecule has 0 aliphatic heterocycles. The second-order valence-electron chi connectivity index (χ2n) is 5.98. The van der Waals surface area contributed by atoms with Gasteiger partial charge in [-0.3, -0.25) is 4.79 Å². The number of hydrogen-bond donors (Lipinski definition) is 2. The third-order valence-electron chi connectivity index (χ3n) is 4.11. The van der Waals surface area contributed by atoms with Gasteiger partial charge < -0.3 is 10.3 Å². The highest BCUT2D eigenvalue weighted by atomic mass is 35.5. The number of amides is 1. The minimum Gasteiger partial charge on any atom is -0.352 e. The lowest BCUT2D eigenvalue weighted by Crippen LogP contribution is -2.26. The van der Waals surface area contributed by atoms with Crippen LogP contribution in [-0.4, -0.2) is 42.6 Å². The molecule has 0 aliphatic carbocycles. The molecule has 9 heteroatoms. The van der Waals surface area contributed by atoms with Crippen molar-refractivity contribution >= 4 is 28.5 Å². The zero-order valence-electron chi connectivity index (χ0n) is 14.3. The first-order valence-electron chi connectivity index (χ1n) is 8.45. The first-order chi connectivity index (χ1) is 13.2. The molecule has 2 aromatic heterocycles. The van der Waals surface area contributed by atoms with Crippen LogP contribution in [0.1, 0.15) is 22.6 Å². The number of carbonyl (C=O) groups is 1. The summed E-state index contributed by atoms with van der Waals surface area (Å²) in [6, 6.07) is 12.9. The van der Waals surface area contributed by atoms with Crippen molar-refractivity contribution in [3.63, 3.8) is 0 Å². The van der Waals surface area contributed by atoms with Crippen LogP contribution >= 0.6 is 11.6 Å². The molecule has 0 bridgehead atoms. The lowest BCUT2D eigenvalue weighted by atomic mass is 10.1. The van der Waals surface area contributed by atoms with Crippen molar-refractivity contribution in [2.75, 3.05) is 6.54 Å². The molecule has 2 heterocycles. The molecule has 0 spiro atoms. The van der Waals surface area contributed by atoms with Gasteiger partial charge >= 0.3 is 0 Å². The number of fused-ring (bicyclic) bond motifs is 1. The van der Waals surface area contributed by atoms with Crippen LogP contribution in [0.5, 0.6) is 0 Å². The molecule has 136 valence electrons. The topological polar surface area (TPSA) is 101 Å². The van der Waals surface area contributed by atoms with Gasteiger partial charge in [-0.1, -0.05) is 23.7 Å². The lowest BCUT2D eigenvalue weighted by molar-refractivity contribution is 0.0953. The number of nitrogens with zero attached hydrogens (tertiary/aromatic N) is 5. The molecule has 1 amide bonds. The van der Waals surface area contributed by atoms with E-state index in [0.717, 1.165) is 29.7 Å². The molecule has 0 aliphatic rings. The van der Waals surface area contributed by atoms with Gasteiger partial charge in [0.2, 0.25) is 0 Å². The smallest absolute Gasteiger partial charge is 0.253 e. The molecular weight excluding hydrogens is 366 g/mol. The number of aryl methyl sites for hydroxylation is 1. The zero-order valence-corrected chi connectivity index (χ0v) is 15.0. The third-order valence-corrected chi connectivity index (χ3v) is 4.35. The number of carbonyl (C=O) groups excluding carboxylic acids is 1. The highest BCUT2D eigenvalue weighted by molar-refractivity contribution is 6.31. The summed E-state index contributed by atoms with van der Waals surface area (Å²) in [7, 11) is 0. The van der Waals surface area contributed by atoms with E-state index in [0.29, 0.717) is 22.8 Å². The molecule has 2 aromatic carbocycles. The van der Waals surface area contributed by atoms with Gasteiger partial charge in [0.25, 0.3) is 5.91 Å². The number of halogens is 1. The Hall–Kier alpha value is -3.26. The van der Waals surface area contributed by atoms with E-state index in [9.17, 15) is 4.79 Å². The summed E-state index contributed by atoms with van der Waals surface area (Å²) in [6.07, 6.45) is 2.93. The van der Waals surface area contributed by atoms with Crippen LogP contribution in [0.2, 0.25) is 5.02 Å². The van der Waals surface area contributed by atoms with Crippen LogP contribution in [-0.2, 0) is 6.42 Å². The van der Waals surface area contributed by atoms with Crippen molar-refractivity contribution in [2.45, 2.75) is 12.8 Å². The number of benzene rings is 2. The fourth-order valence-electron chi connectivity index (χ4n) is 2.84. The van der Waals surface area contributed by atoms with E-state index in [1.165, 1.54) is 11.0 Å². The highest BCUT2D eigenvalue weighted by Crippen LogP contribution is 2.19. The van der Waals surface area contributed by atoms with E-state index in [1.54, 1.807) is 18.2 Å². The van der Waals surface area contributed by atoms with E-state index in [2.05, 4.69) is 30.8 Å². The van der Waals surface area contributed by atoms with E-state index >= 15 is 0 Å². The molecule has 4 aromatic rings. The van der Waals surface area contributed by atoms with Crippen molar-refractivity contribution in [1.82, 2.24) is 35.5 Å². The number of aromatic nitrogens is 6. The normalized spacial score (nSPS) is 11.0. The van der Waals surface area contributed by atoms with Gasteiger partial charge in [0.1, 0.15) is 12.2 Å². The Balaban J connectivity index is 1.38. The number of imidazole rings is 1. The van der Waals surface area contributed by atoms with Crippen LogP contribution < -0.4 is 5.32 Å². The van der Waals surface area contributed by atoms with Crippen molar-refractivity contribution in [3.8, 4) is 5.69 Å². The number of rotatable bonds is 6. The molecular formula is C18H16ClN7O. The monoisotopic (exact) mass is 381 g/mol. The van der Waals surface area contributed by atoms with Gasteiger partial charge in [0.05, 0.1) is 22.3 Å². The van der Waals surface area contributed by atoms with Gasteiger partial charge in [0.15, 0.2) is 0 Å². The maximum atomic E-state index is 12.6. The standard InChI is InChI=1S/C18H16ClN7O/c19-12-7-8-13(16(10-12)26-11-21-24-25-26)18(27)20-9-3-6-17-22-14-4-1-2-5-15(14)23-17/h1-2,4-5,7-8,10-11H,3,6,9H2,(H,20,27)(H,22,23). The maximum Gasteiger partial charge on any atom is 0.253 e. The van der Waals surface area contributed by atoms with Crippen molar-refractivity contribution < 1.29 is 4.79 Å². The summed E-state index contributed by atoms with van der Waals surface area (Å²) in [5, 5.41) is 14.5. The number of H-pyrrole nitrogens is 1. The number of aromatic amines is 1. The largest absolute Gasteiger partial charge is 0.352 e. The summed E-state index contributed by atoms with van der Waals surface area (Å²) in [5.74, 6) is 0.702. The Bertz CT molecular complexity index is 1040. The molecule has 0 saturated heterocycles. The summed E-state index contributed by atoms with van der Waals surface area (Å²) < 4.78 is 1.41. The highest BCUT2D eigenvalue weighted by Gasteiger charge is 2.14. The molecule has 4 rings (SSSR count). The first-order valence-corrected chi connectivity index (χ1v) is 8.83. The number of tetrazole rings is 1. The third kappa shape index (κ3) is 3.80. The Labute approximate surface area is 159 Å². The Morgan fingerprint density at radius 3 is 2.93 bits per heavy atom. The first kappa shape index (κ1) is 17.2. The van der Waals surface area contributed by atoms with Crippen LogP contribution in [0.4, 0.5) is 0 Å². The second kappa shape index (κ2) is 7.55. The SMILES string of the molecule is O=C(NCCCc1nc2ccccc2[nH]1)c1ccc(Cl)cc1-n1cnnn1. The molecule has 0 saturated carbocycles. The fourth-order valence-corrected chi connectivity index (χ4v) is 3.00. The quantitative estimate of drug-likeness (QED) is 0.500. The van der Waals surface area contributed by atoms with Crippen LogP contribution in [0.25, 0.3) is 16.7 Å². The van der Waals surface area contributed by atoms with Gasteiger partial charge in [0, 0.05) is 18.0 Å². The maximum absolute atomic E-state index is 12.6. The summed E-state index contributed by atoms with van der Waals surface area (Å²) in [5.41, 5.74) is 2.95. The Morgan fingerprint density at radius 2 is 2.11 bits per heavy atom. The zero-order chi connectivity index (χ0) is 18.6. The van der Waals surface area contributed by atoms with Crippen LogP contribution in [0.3, 0.4) is 0 Å². The van der Waals surface area contributed by atoms with E-state index < -0.39 is 0 Å². The minimum atomic E-state index is -0.207. The van der Waals surface area contributed by atoms with Gasteiger partial charge in [-0.05, 0) is 47.2 Å². The van der Waals surface area contributed by atoms with Crippen LogP contribution in [0, 0.1) is 0 Å². The van der Waals surface area contributed by atoms with Gasteiger partial charge in [-0.2, -0.15) is 4.68 Å². The van der Waals surface area contributed by atoms with Crippen molar-refractivity contribution in [1.29, 1.82) is 0 Å². The Morgan fingerprint density at radius 1 is 1.22 bits per heavy atom. The lowest BCUT2D eigenvalue weighted by Gasteiger charge is -2.09. The molecule has 0 atom stereocenters. The van der Waals surface area contributed by atoms with E-state index in [4.69, 9.17) is 11.6 Å². The predicted octanol–water partition coefficient (Wildman–Crippen LogP) is 2.55. The second-order valence-corrected chi connectivity index (χ2v) is 6.41. The average molecular weight is 382 g/mol. The fraction of sp³-hybridized carbons (Fsp3) is 0.167. The summed E-state index contributed by atoms with van der Waals surface area (Å²) in [6.45, 7) is 0.521. The minimum absolute atomic E-state index is 0.207. The van der Waals surface area contributed by atoms with Crippen molar-refractivity contribution in [3.05, 3.63) is 65.2 Å². The summed E-state index contributed by atoms with van der Waals surface area (Å²) in [4.78, 5) is 20.4. The number of hydrogen-bond acceptors (Lipinski definition) is 5. The molecule has 0 unspecified atom stereocenters. The molecule has 0 radical (unpaired) electrons. The van der Waals surface area contributed by atoms with Crippen LogP contribution in [0.15, 0.2) is 48.8 Å². The Kier molecular flexibility index (Phi) is 4.80. The molecule has 8 nitrogen and oxygen atoms in total. The molecule has 27 heavy (non-hydrogen) atoms. The van der Waals surface area contributed by atoms with Gasteiger partial charge in [-0.25, -0.2) is 4.98 Å². The van der Waals surface area contributed by atoms with E-state index in [1.807, 2.05) is 24.3 Å². The summed E-state index contributed by atoms with van der Waals surface area (Å²) >= 11 is 6.04. The number of nitrogens with one attached hydrogen (secondary N) is 2. The van der Waals surface area contributed by atoms with Gasteiger partial charge in [-0.15, -0.1) is 5.10 Å². The van der Waals surface area contributed by atoms with Crippen molar-refractivity contribution in [2.24, 2.45) is 0 Å². The average Bonchev–Trinajstić information content (AvgIpc) is 3.34. The predicted molar refractivity (Wildman–Crippen MR) is 101 cm³/mol.